The molecule has 0 amide bonds. The highest BCUT2D eigenvalue weighted by molar-refractivity contribution is 5.59. The summed E-state index contributed by atoms with van der Waals surface area (Å²) in [6, 6.07) is 7.09. The molecule has 0 bridgehead atoms. The van der Waals surface area contributed by atoms with Crippen LogP contribution in [0.2, 0.25) is 0 Å². The van der Waals surface area contributed by atoms with Gasteiger partial charge in [0, 0.05) is 18.8 Å². The molecule has 16 heavy (non-hydrogen) atoms. The third kappa shape index (κ3) is 1.71. The Bertz CT molecular complexity index is 382. The van der Waals surface area contributed by atoms with E-state index in [2.05, 4.69) is 35.3 Å². The van der Waals surface area contributed by atoms with E-state index in [-0.39, 0.29) is 0 Å². The summed E-state index contributed by atoms with van der Waals surface area (Å²) >= 11 is 0. The lowest BCUT2D eigenvalue weighted by atomic mass is 9.93. The lowest BCUT2D eigenvalue weighted by Crippen LogP contribution is -2.43. The van der Waals surface area contributed by atoms with Crippen molar-refractivity contribution in [3.63, 3.8) is 0 Å². The topological polar surface area (TPSA) is 15.3 Å². The molecule has 86 valence electrons. The lowest BCUT2D eigenvalue weighted by molar-refractivity contribution is 0.346. The molecule has 1 N–H and O–H groups in total. The molecule has 3 rings (SSSR count). The molecule has 1 fully saturated rings. The lowest BCUT2D eigenvalue weighted by Gasteiger charge is -2.27. The van der Waals surface area contributed by atoms with Crippen molar-refractivity contribution in [1.82, 2.24) is 5.32 Å². The number of hydrogen-bond acceptors (Lipinski definition) is 2. The molecular weight excluding hydrogens is 196 g/mol. The summed E-state index contributed by atoms with van der Waals surface area (Å²) in [7, 11) is 0. The van der Waals surface area contributed by atoms with Crippen molar-refractivity contribution in [2.45, 2.75) is 19.8 Å². The molecule has 0 spiro atoms. The molecule has 0 atom stereocenters. The number of likely N-dealkylation sites (N-methyl/N-ethyl adjacent to an activating group) is 1. The molecule has 2 nitrogen and oxygen atoms in total. The molecule has 2 aliphatic heterocycles. The Labute approximate surface area is 97.6 Å². The molecule has 2 heterocycles. The molecular formula is C14H20N2. The van der Waals surface area contributed by atoms with Crippen LogP contribution in [0.1, 0.15) is 18.1 Å². The minimum atomic E-state index is 0.877. The number of nitrogens with zero attached hydrogens (tertiary/aromatic N) is 1. The van der Waals surface area contributed by atoms with Gasteiger partial charge in [-0.15, -0.1) is 0 Å². The summed E-state index contributed by atoms with van der Waals surface area (Å²) in [6.07, 6.45) is 2.49. The number of benzene rings is 1. The maximum Gasteiger partial charge on any atom is 0.0399 e. The minimum Gasteiger partial charge on any atom is -0.371 e. The van der Waals surface area contributed by atoms with Gasteiger partial charge in [0.25, 0.3) is 0 Å². The Balaban J connectivity index is 1.77. The van der Waals surface area contributed by atoms with E-state index in [4.69, 9.17) is 0 Å². The van der Waals surface area contributed by atoms with Crippen LogP contribution in [0.4, 0.5) is 5.69 Å². The summed E-state index contributed by atoms with van der Waals surface area (Å²) in [5.74, 6) is 0.877. The number of rotatable bonds is 3. The molecule has 1 aromatic carbocycles. The van der Waals surface area contributed by atoms with Gasteiger partial charge in [-0.3, -0.25) is 0 Å². The average Bonchev–Trinajstić information content (AvgIpc) is 2.65. The Morgan fingerprint density at radius 3 is 2.94 bits per heavy atom. The zero-order chi connectivity index (χ0) is 11.0. The van der Waals surface area contributed by atoms with Crippen LogP contribution in [0.3, 0.4) is 0 Å². The SMILES string of the molecule is CCN1CCc2cc(CC3CNC3)ccc21. The smallest absolute Gasteiger partial charge is 0.0399 e. The molecule has 0 aromatic heterocycles. The Morgan fingerprint density at radius 2 is 2.25 bits per heavy atom. The second kappa shape index (κ2) is 4.10. The van der Waals surface area contributed by atoms with Crippen molar-refractivity contribution in [2.24, 2.45) is 5.92 Å². The van der Waals surface area contributed by atoms with Crippen molar-refractivity contribution in [2.75, 3.05) is 31.1 Å². The van der Waals surface area contributed by atoms with Crippen molar-refractivity contribution in [3.05, 3.63) is 29.3 Å². The van der Waals surface area contributed by atoms with E-state index in [1.54, 1.807) is 5.56 Å². The third-order valence-corrected chi connectivity index (χ3v) is 3.91. The predicted octanol–water partition coefficient (Wildman–Crippen LogP) is 1.83. The molecule has 1 saturated heterocycles. The van der Waals surface area contributed by atoms with Gasteiger partial charge in [-0.2, -0.15) is 0 Å². The van der Waals surface area contributed by atoms with Crippen LogP contribution in [0.25, 0.3) is 0 Å². The fourth-order valence-electron chi connectivity index (χ4n) is 2.81. The van der Waals surface area contributed by atoms with E-state index in [1.165, 1.54) is 43.7 Å². The van der Waals surface area contributed by atoms with Gasteiger partial charge in [0.1, 0.15) is 0 Å². The monoisotopic (exact) mass is 216 g/mol. The van der Waals surface area contributed by atoms with Gasteiger partial charge in [-0.1, -0.05) is 12.1 Å². The first kappa shape index (κ1) is 10.2. The zero-order valence-electron chi connectivity index (χ0n) is 10.00. The van der Waals surface area contributed by atoms with E-state index in [0.717, 1.165) is 12.5 Å². The summed E-state index contributed by atoms with van der Waals surface area (Å²) in [5.41, 5.74) is 4.56. The molecule has 0 aliphatic carbocycles. The third-order valence-electron chi connectivity index (χ3n) is 3.91. The average molecular weight is 216 g/mol. The number of hydrogen-bond donors (Lipinski definition) is 1. The minimum absolute atomic E-state index is 0.877. The molecule has 2 aliphatic rings. The van der Waals surface area contributed by atoms with Crippen LogP contribution >= 0.6 is 0 Å². The fourth-order valence-corrected chi connectivity index (χ4v) is 2.81. The largest absolute Gasteiger partial charge is 0.371 e. The van der Waals surface area contributed by atoms with Crippen LogP contribution < -0.4 is 10.2 Å². The standard InChI is InChI=1S/C14H20N2/c1-2-16-6-5-13-8-11(3-4-14(13)16)7-12-9-15-10-12/h3-4,8,12,15H,2,5-7,9-10H2,1H3. The van der Waals surface area contributed by atoms with E-state index in [0.29, 0.717) is 0 Å². The first-order valence-corrected chi connectivity index (χ1v) is 6.44. The van der Waals surface area contributed by atoms with Crippen molar-refractivity contribution in [1.29, 1.82) is 0 Å². The van der Waals surface area contributed by atoms with Gasteiger partial charge >= 0.3 is 0 Å². The van der Waals surface area contributed by atoms with Gasteiger partial charge in [0.2, 0.25) is 0 Å². The van der Waals surface area contributed by atoms with E-state index in [1.807, 2.05) is 0 Å². The van der Waals surface area contributed by atoms with Crippen LogP contribution in [0.15, 0.2) is 18.2 Å². The Hall–Kier alpha value is -1.02. The highest BCUT2D eigenvalue weighted by Gasteiger charge is 2.20. The van der Waals surface area contributed by atoms with Crippen molar-refractivity contribution >= 4 is 5.69 Å². The van der Waals surface area contributed by atoms with Gasteiger partial charge in [-0.05, 0) is 56.0 Å². The molecule has 1 aromatic rings. The normalized spacial score (nSPS) is 19.7. The summed E-state index contributed by atoms with van der Waals surface area (Å²) < 4.78 is 0. The summed E-state index contributed by atoms with van der Waals surface area (Å²) in [6.45, 7) is 7.00. The Kier molecular flexibility index (Phi) is 2.60. The first-order chi connectivity index (χ1) is 7.86. The van der Waals surface area contributed by atoms with Gasteiger partial charge in [-0.25, -0.2) is 0 Å². The molecule has 0 radical (unpaired) electrons. The molecule has 2 heteroatoms. The highest BCUT2D eigenvalue weighted by Crippen LogP contribution is 2.29. The van der Waals surface area contributed by atoms with Crippen molar-refractivity contribution in [3.8, 4) is 0 Å². The summed E-state index contributed by atoms with van der Waals surface area (Å²) in [4.78, 5) is 2.48. The number of fused-ring (bicyclic) bond motifs is 1. The van der Waals surface area contributed by atoms with E-state index < -0.39 is 0 Å². The van der Waals surface area contributed by atoms with Crippen LogP contribution in [0.5, 0.6) is 0 Å². The maximum atomic E-state index is 3.34. The van der Waals surface area contributed by atoms with E-state index >= 15 is 0 Å². The van der Waals surface area contributed by atoms with Gasteiger partial charge < -0.3 is 10.2 Å². The maximum absolute atomic E-state index is 3.34. The van der Waals surface area contributed by atoms with Gasteiger partial charge in [0.05, 0.1) is 0 Å². The molecule has 0 saturated carbocycles. The zero-order valence-corrected chi connectivity index (χ0v) is 10.00. The number of nitrogens with one attached hydrogen (secondary N) is 1. The number of anilines is 1. The molecule has 0 unspecified atom stereocenters. The van der Waals surface area contributed by atoms with Crippen LogP contribution in [0, 0.1) is 5.92 Å². The summed E-state index contributed by atoms with van der Waals surface area (Å²) in [5, 5.41) is 3.34. The highest BCUT2D eigenvalue weighted by atomic mass is 15.1. The predicted molar refractivity (Wildman–Crippen MR) is 68.1 cm³/mol. The van der Waals surface area contributed by atoms with Gasteiger partial charge in [0.15, 0.2) is 0 Å². The second-order valence-corrected chi connectivity index (χ2v) is 5.02. The first-order valence-electron chi connectivity index (χ1n) is 6.44. The fraction of sp³-hybridized carbons (Fsp3) is 0.571. The Morgan fingerprint density at radius 1 is 1.38 bits per heavy atom. The van der Waals surface area contributed by atoms with Crippen LogP contribution in [-0.4, -0.2) is 26.2 Å². The quantitative estimate of drug-likeness (QED) is 0.829. The van der Waals surface area contributed by atoms with Crippen LogP contribution in [-0.2, 0) is 12.8 Å². The van der Waals surface area contributed by atoms with E-state index in [9.17, 15) is 0 Å². The second-order valence-electron chi connectivity index (χ2n) is 5.02. The van der Waals surface area contributed by atoms with Crippen molar-refractivity contribution < 1.29 is 0 Å².